The van der Waals surface area contributed by atoms with Crippen LogP contribution in [0.4, 0.5) is 13.2 Å². The minimum atomic E-state index is -4.49. The Morgan fingerprint density at radius 2 is 2.05 bits per heavy atom. The van der Waals surface area contributed by atoms with Crippen LogP contribution in [0.1, 0.15) is 16.8 Å². The molecule has 0 aliphatic heterocycles. The van der Waals surface area contributed by atoms with Crippen molar-refractivity contribution in [3.05, 3.63) is 45.7 Å². The maximum Gasteiger partial charge on any atom is 0.433 e. The molecule has 1 aromatic carbocycles. The topological polar surface area (TPSA) is 44.5 Å². The van der Waals surface area contributed by atoms with Crippen LogP contribution in [-0.2, 0) is 6.18 Å². The molecule has 0 amide bonds. The number of alkyl halides is 3. The molecule has 0 spiro atoms. The maximum absolute atomic E-state index is 12.8. The number of halogens is 3. The summed E-state index contributed by atoms with van der Waals surface area (Å²) in [5, 5.41) is 11.0. The third-order valence-electron chi connectivity index (χ3n) is 2.64. The molecule has 1 heterocycles. The van der Waals surface area contributed by atoms with Crippen molar-refractivity contribution in [3.8, 4) is 11.8 Å². The molecule has 0 fully saturated rings. The lowest BCUT2D eigenvalue weighted by atomic mass is 10.2. The lowest BCUT2D eigenvalue weighted by Gasteiger charge is -2.05. The molecule has 0 bridgehead atoms. The predicted octanol–water partition coefficient (Wildman–Crippen LogP) is 3.73. The Balaban J connectivity index is 2.65. The number of nitriles is 1. The summed E-state index contributed by atoms with van der Waals surface area (Å²) >= 11 is 4.99. The summed E-state index contributed by atoms with van der Waals surface area (Å²) in [7, 11) is 0. The Hall–Kier alpha value is -2.07. The normalized spacial score (nSPS) is 11.3. The molecular formula is C12H8F3N3S. The van der Waals surface area contributed by atoms with Gasteiger partial charge in [-0.05, 0) is 25.1 Å². The first-order valence-corrected chi connectivity index (χ1v) is 5.65. The number of hydrogen-bond donors (Lipinski definition) is 1. The van der Waals surface area contributed by atoms with Gasteiger partial charge in [-0.15, -0.1) is 0 Å². The Morgan fingerprint density at radius 3 is 2.58 bits per heavy atom. The summed E-state index contributed by atoms with van der Waals surface area (Å²) in [6.07, 6.45) is -4.49. The zero-order valence-electron chi connectivity index (χ0n) is 9.75. The van der Waals surface area contributed by atoms with Crippen molar-refractivity contribution in [3.63, 3.8) is 0 Å². The van der Waals surface area contributed by atoms with Gasteiger partial charge in [0.15, 0.2) is 0 Å². The number of H-pyrrole nitrogens is 1. The number of aromatic nitrogens is 2. The molecule has 0 unspecified atom stereocenters. The molecule has 7 heteroatoms. The van der Waals surface area contributed by atoms with Gasteiger partial charge in [0.05, 0.1) is 17.3 Å². The lowest BCUT2D eigenvalue weighted by molar-refractivity contribution is -0.141. The molecule has 2 aromatic rings. The first kappa shape index (κ1) is 13.4. The van der Waals surface area contributed by atoms with Gasteiger partial charge >= 0.3 is 6.18 Å². The van der Waals surface area contributed by atoms with E-state index in [1.807, 2.05) is 6.07 Å². The third kappa shape index (κ3) is 2.39. The van der Waals surface area contributed by atoms with Gasteiger partial charge in [0.2, 0.25) is 0 Å². The highest BCUT2D eigenvalue weighted by Crippen LogP contribution is 2.31. The number of benzene rings is 1. The van der Waals surface area contributed by atoms with Gasteiger partial charge in [-0.1, -0.05) is 18.3 Å². The monoisotopic (exact) mass is 283 g/mol. The van der Waals surface area contributed by atoms with Gasteiger partial charge in [-0.2, -0.15) is 18.4 Å². The Kier molecular flexibility index (Phi) is 3.20. The van der Waals surface area contributed by atoms with Crippen molar-refractivity contribution in [1.29, 1.82) is 5.26 Å². The van der Waals surface area contributed by atoms with E-state index in [1.54, 1.807) is 18.2 Å². The van der Waals surface area contributed by atoms with E-state index in [-0.39, 0.29) is 10.2 Å². The second-order valence-corrected chi connectivity index (χ2v) is 4.30. The van der Waals surface area contributed by atoms with Crippen LogP contribution >= 0.6 is 12.2 Å². The fourth-order valence-corrected chi connectivity index (χ4v) is 1.95. The minimum Gasteiger partial charge on any atom is -0.288 e. The predicted molar refractivity (Wildman–Crippen MR) is 65.4 cm³/mol. The molecule has 19 heavy (non-hydrogen) atoms. The van der Waals surface area contributed by atoms with Crippen LogP contribution in [0.25, 0.3) is 5.69 Å². The average Bonchev–Trinajstić information content (AvgIpc) is 2.66. The van der Waals surface area contributed by atoms with Crippen molar-refractivity contribution in [1.82, 2.24) is 9.78 Å². The van der Waals surface area contributed by atoms with E-state index in [9.17, 15) is 13.2 Å². The molecular weight excluding hydrogens is 275 g/mol. The highest BCUT2D eigenvalue weighted by atomic mass is 32.1. The van der Waals surface area contributed by atoms with Gasteiger partial charge < -0.3 is 0 Å². The highest BCUT2D eigenvalue weighted by molar-refractivity contribution is 7.71. The van der Waals surface area contributed by atoms with E-state index in [2.05, 4.69) is 5.10 Å². The molecule has 3 nitrogen and oxygen atoms in total. The molecule has 0 atom stereocenters. The largest absolute Gasteiger partial charge is 0.433 e. The van der Waals surface area contributed by atoms with E-state index >= 15 is 0 Å². The molecule has 1 aromatic heterocycles. The van der Waals surface area contributed by atoms with Crippen LogP contribution in [0.15, 0.2) is 24.3 Å². The first-order chi connectivity index (χ1) is 8.84. The van der Waals surface area contributed by atoms with Crippen molar-refractivity contribution in [2.45, 2.75) is 13.1 Å². The van der Waals surface area contributed by atoms with E-state index in [0.717, 1.165) is 4.68 Å². The molecule has 0 radical (unpaired) electrons. The van der Waals surface area contributed by atoms with Crippen LogP contribution in [-0.4, -0.2) is 9.78 Å². The quantitative estimate of drug-likeness (QED) is 0.810. The lowest BCUT2D eigenvalue weighted by Crippen LogP contribution is -2.08. The zero-order valence-corrected chi connectivity index (χ0v) is 10.6. The first-order valence-electron chi connectivity index (χ1n) is 5.24. The Labute approximate surface area is 111 Å². The van der Waals surface area contributed by atoms with Gasteiger partial charge in [0, 0.05) is 5.56 Å². The van der Waals surface area contributed by atoms with Crippen molar-refractivity contribution in [2.24, 2.45) is 0 Å². The summed E-state index contributed by atoms with van der Waals surface area (Å²) in [6.45, 7) is 1.31. The van der Waals surface area contributed by atoms with Gasteiger partial charge in [0.1, 0.15) is 10.3 Å². The zero-order chi connectivity index (χ0) is 14.2. The number of rotatable bonds is 1. The number of nitrogens with zero attached hydrogens (tertiary/aromatic N) is 2. The smallest absolute Gasteiger partial charge is 0.288 e. The van der Waals surface area contributed by atoms with Gasteiger partial charge in [-0.3, -0.25) is 5.10 Å². The third-order valence-corrected chi connectivity index (χ3v) is 3.13. The van der Waals surface area contributed by atoms with Crippen LogP contribution < -0.4 is 0 Å². The van der Waals surface area contributed by atoms with Gasteiger partial charge in [-0.25, -0.2) is 4.68 Å². The van der Waals surface area contributed by atoms with Crippen LogP contribution in [0, 0.1) is 22.9 Å². The average molecular weight is 283 g/mol. The molecule has 0 saturated carbocycles. The van der Waals surface area contributed by atoms with Crippen molar-refractivity contribution >= 4 is 12.2 Å². The summed E-state index contributed by atoms with van der Waals surface area (Å²) < 4.78 is 39.5. The minimum absolute atomic E-state index is 0.0372. The molecule has 1 N–H and O–H groups in total. The second-order valence-electron chi connectivity index (χ2n) is 3.91. The van der Waals surface area contributed by atoms with Crippen LogP contribution in [0.5, 0.6) is 0 Å². The maximum atomic E-state index is 12.8. The highest BCUT2D eigenvalue weighted by Gasteiger charge is 2.35. The Bertz CT molecular complexity index is 719. The van der Waals surface area contributed by atoms with Crippen molar-refractivity contribution < 1.29 is 13.2 Å². The fraction of sp³-hybridized carbons (Fsp3) is 0.167. The fourth-order valence-electron chi connectivity index (χ4n) is 1.69. The Morgan fingerprint density at radius 1 is 1.37 bits per heavy atom. The van der Waals surface area contributed by atoms with Crippen LogP contribution in [0.2, 0.25) is 0 Å². The standard InChI is InChI=1S/C12H8F3N3S/c1-7-10(12(13,14)15)17-18(11(7)19)9-4-2-3-8(5-9)6-16/h2-5,17H,1H3. The summed E-state index contributed by atoms with van der Waals surface area (Å²) in [5.41, 5.74) is -0.174. The van der Waals surface area contributed by atoms with Crippen molar-refractivity contribution in [2.75, 3.05) is 0 Å². The van der Waals surface area contributed by atoms with Crippen LogP contribution in [0.3, 0.4) is 0 Å². The molecule has 2 rings (SSSR count). The number of hydrogen-bond acceptors (Lipinski definition) is 2. The van der Waals surface area contributed by atoms with E-state index in [0.29, 0.717) is 11.3 Å². The van der Waals surface area contributed by atoms with E-state index in [4.69, 9.17) is 17.5 Å². The SMILES string of the molecule is Cc1c(C(F)(F)F)[nH]n(-c2cccc(C#N)c2)c1=S. The number of aromatic amines is 1. The van der Waals surface area contributed by atoms with Gasteiger partial charge in [0.25, 0.3) is 0 Å². The number of nitrogens with one attached hydrogen (secondary N) is 1. The second kappa shape index (κ2) is 4.55. The van der Waals surface area contributed by atoms with E-state index < -0.39 is 11.9 Å². The molecule has 0 aliphatic rings. The molecule has 98 valence electrons. The molecule has 0 aliphatic carbocycles. The summed E-state index contributed by atoms with van der Waals surface area (Å²) in [5.74, 6) is 0. The molecule has 0 saturated heterocycles. The van der Waals surface area contributed by atoms with E-state index in [1.165, 1.54) is 13.0 Å². The summed E-state index contributed by atoms with van der Waals surface area (Å²) in [4.78, 5) is 0. The summed E-state index contributed by atoms with van der Waals surface area (Å²) in [6, 6.07) is 8.11.